The summed E-state index contributed by atoms with van der Waals surface area (Å²) in [5, 5.41) is 12.5. The summed E-state index contributed by atoms with van der Waals surface area (Å²) in [7, 11) is 0. The average Bonchev–Trinajstić information content (AvgIpc) is 2.46. The van der Waals surface area contributed by atoms with Crippen LogP contribution in [-0.2, 0) is 13.2 Å². The summed E-state index contributed by atoms with van der Waals surface area (Å²) in [5.74, 6) is 0. The van der Waals surface area contributed by atoms with E-state index < -0.39 is 0 Å². The zero-order valence-corrected chi connectivity index (χ0v) is 12.5. The molecule has 0 fully saturated rings. The van der Waals surface area contributed by atoms with Crippen LogP contribution in [0.4, 0.5) is 0 Å². The highest BCUT2D eigenvalue weighted by Gasteiger charge is 2.04. The Labute approximate surface area is 122 Å². The average molecular weight is 320 g/mol. The maximum Gasteiger partial charge on any atom is 0.0681 e. The van der Waals surface area contributed by atoms with Crippen molar-refractivity contribution in [1.82, 2.24) is 5.32 Å². The van der Waals surface area contributed by atoms with Crippen molar-refractivity contribution in [3.63, 3.8) is 0 Å². The SMILES string of the molecule is CC(NCc1ccc(CO)cc1)c1ccc(Br)cc1. The maximum atomic E-state index is 9.00. The highest BCUT2D eigenvalue weighted by atomic mass is 79.9. The van der Waals surface area contributed by atoms with Gasteiger partial charge in [0.05, 0.1) is 6.61 Å². The Hall–Kier alpha value is -1.16. The quantitative estimate of drug-likeness (QED) is 0.878. The zero-order chi connectivity index (χ0) is 13.7. The summed E-state index contributed by atoms with van der Waals surface area (Å²) >= 11 is 3.44. The summed E-state index contributed by atoms with van der Waals surface area (Å²) in [4.78, 5) is 0. The first-order chi connectivity index (χ1) is 9.19. The van der Waals surface area contributed by atoms with Crippen LogP contribution < -0.4 is 5.32 Å². The molecule has 2 rings (SSSR count). The molecule has 0 radical (unpaired) electrons. The van der Waals surface area contributed by atoms with E-state index in [1.54, 1.807) is 0 Å². The topological polar surface area (TPSA) is 32.3 Å². The summed E-state index contributed by atoms with van der Waals surface area (Å²) in [5.41, 5.74) is 3.45. The van der Waals surface area contributed by atoms with E-state index in [0.717, 1.165) is 16.6 Å². The largest absolute Gasteiger partial charge is 0.392 e. The van der Waals surface area contributed by atoms with Gasteiger partial charge in [-0.15, -0.1) is 0 Å². The summed E-state index contributed by atoms with van der Waals surface area (Å²) < 4.78 is 1.10. The molecule has 0 aliphatic carbocycles. The predicted octanol–water partition coefficient (Wildman–Crippen LogP) is 3.79. The first-order valence-electron chi connectivity index (χ1n) is 6.36. The summed E-state index contributed by atoms with van der Waals surface area (Å²) in [6, 6.07) is 16.7. The van der Waals surface area contributed by atoms with Gasteiger partial charge in [0.25, 0.3) is 0 Å². The molecule has 0 heterocycles. The lowest BCUT2D eigenvalue weighted by molar-refractivity contribution is 0.282. The van der Waals surface area contributed by atoms with Crippen LogP contribution in [0.1, 0.15) is 29.7 Å². The Morgan fingerprint density at radius 1 is 1.00 bits per heavy atom. The van der Waals surface area contributed by atoms with Crippen LogP contribution in [0.15, 0.2) is 53.0 Å². The molecule has 19 heavy (non-hydrogen) atoms. The number of rotatable bonds is 5. The van der Waals surface area contributed by atoms with Gasteiger partial charge in [0.2, 0.25) is 0 Å². The van der Waals surface area contributed by atoms with E-state index in [9.17, 15) is 0 Å². The normalized spacial score (nSPS) is 12.4. The maximum absolute atomic E-state index is 9.00. The minimum Gasteiger partial charge on any atom is -0.392 e. The molecular weight excluding hydrogens is 302 g/mol. The first kappa shape index (κ1) is 14.3. The monoisotopic (exact) mass is 319 g/mol. The third-order valence-corrected chi connectivity index (χ3v) is 3.72. The van der Waals surface area contributed by atoms with Crippen molar-refractivity contribution in [1.29, 1.82) is 0 Å². The molecular formula is C16H18BrNO. The number of halogens is 1. The van der Waals surface area contributed by atoms with Gasteiger partial charge >= 0.3 is 0 Å². The van der Waals surface area contributed by atoms with Gasteiger partial charge in [-0.1, -0.05) is 52.3 Å². The number of aliphatic hydroxyl groups excluding tert-OH is 1. The molecule has 2 nitrogen and oxygen atoms in total. The van der Waals surface area contributed by atoms with Gasteiger partial charge in [-0.3, -0.25) is 0 Å². The van der Waals surface area contributed by atoms with Gasteiger partial charge in [0.1, 0.15) is 0 Å². The van der Waals surface area contributed by atoms with Gasteiger partial charge in [-0.05, 0) is 35.7 Å². The van der Waals surface area contributed by atoms with Crippen LogP contribution in [0.5, 0.6) is 0 Å². The molecule has 0 aromatic heterocycles. The standard InChI is InChI=1S/C16H18BrNO/c1-12(15-6-8-16(17)9-7-15)18-10-13-2-4-14(11-19)5-3-13/h2-9,12,18-19H,10-11H2,1H3. The fourth-order valence-electron chi connectivity index (χ4n) is 1.90. The van der Waals surface area contributed by atoms with E-state index >= 15 is 0 Å². The van der Waals surface area contributed by atoms with Gasteiger partial charge in [-0.2, -0.15) is 0 Å². The van der Waals surface area contributed by atoms with Crippen molar-refractivity contribution in [3.05, 3.63) is 69.7 Å². The van der Waals surface area contributed by atoms with Crippen LogP contribution in [0.25, 0.3) is 0 Å². The third-order valence-electron chi connectivity index (χ3n) is 3.19. The lowest BCUT2D eigenvalue weighted by Gasteiger charge is -2.14. The van der Waals surface area contributed by atoms with Crippen LogP contribution >= 0.6 is 15.9 Å². The molecule has 1 unspecified atom stereocenters. The minimum atomic E-state index is 0.100. The highest BCUT2D eigenvalue weighted by Crippen LogP contribution is 2.17. The molecule has 2 aromatic carbocycles. The number of hydrogen-bond acceptors (Lipinski definition) is 2. The molecule has 0 spiro atoms. The number of benzene rings is 2. The molecule has 0 aliphatic heterocycles. The van der Waals surface area contributed by atoms with E-state index in [0.29, 0.717) is 6.04 Å². The van der Waals surface area contributed by atoms with Crippen molar-refractivity contribution in [2.24, 2.45) is 0 Å². The lowest BCUT2D eigenvalue weighted by Crippen LogP contribution is -2.17. The van der Waals surface area contributed by atoms with Crippen LogP contribution in [0.3, 0.4) is 0 Å². The fourth-order valence-corrected chi connectivity index (χ4v) is 2.17. The second-order valence-corrected chi connectivity index (χ2v) is 5.54. The summed E-state index contributed by atoms with van der Waals surface area (Å²) in [6.07, 6.45) is 0. The minimum absolute atomic E-state index is 0.100. The Balaban J connectivity index is 1.92. The molecule has 0 amide bonds. The Morgan fingerprint density at radius 3 is 2.16 bits per heavy atom. The molecule has 0 bridgehead atoms. The van der Waals surface area contributed by atoms with Crippen molar-refractivity contribution in [2.75, 3.05) is 0 Å². The van der Waals surface area contributed by atoms with Gasteiger partial charge in [-0.25, -0.2) is 0 Å². The van der Waals surface area contributed by atoms with E-state index in [4.69, 9.17) is 5.11 Å². The van der Waals surface area contributed by atoms with Crippen molar-refractivity contribution in [2.45, 2.75) is 26.1 Å². The van der Waals surface area contributed by atoms with Crippen molar-refractivity contribution < 1.29 is 5.11 Å². The Morgan fingerprint density at radius 2 is 1.58 bits per heavy atom. The fraction of sp³-hybridized carbons (Fsp3) is 0.250. The Bertz CT molecular complexity index is 507. The van der Waals surface area contributed by atoms with Gasteiger partial charge in [0, 0.05) is 17.1 Å². The zero-order valence-electron chi connectivity index (χ0n) is 10.9. The van der Waals surface area contributed by atoms with Crippen LogP contribution in [-0.4, -0.2) is 5.11 Å². The molecule has 100 valence electrons. The third kappa shape index (κ3) is 4.16. The molecule has 2 aromatic rings. The number of aliphatic hydroxyl groups is 1. The van der Waals surface area contributed by atoms with E-state index in [-0.39, 0.29) is 6.61 Å². The number of hydrogen-bond donors (Lipinski definition) is 2. The van der Waals surface area contributed by atoms with E-state index in [1.165, 1.54) is 11.1 Å². The molecule has 0 aliphatic rings. The lowest BCUT2D eigenvalue weighted by atomic mass is 10.1. The second kappa shape index (κ2) is 6.85. The molecule has 2 N–H and O–H groups in total. The van der Waals surface area contributed by atoms with Gasteiger partial charge in [0.15, 0.2) is 0 Å². The van der Waals surface area contributed by atoms with Crippen molar-refractivity contribution >= 4 is 15.9 Å². The highest BCUT2D eigenvalue weighted by molar-refractivity contribution is 9.10. The molecule has 3 heteroatoms. The predicted molar refractivity (Wildman–Crippen MR) is 81.8 cm³/mol. The molecule has 0 saturated carbocycles. The Kier molecular flexibility index (Phi) is 5.14. The van der Waals surface area contributed by atoms with Crippen LogP contribution in [0.2, 0.25) is 0 Å². The van der Waals surface area contributed by atoms with Crippen molar-refractivity contribution in [3.8, 4) is 0 Å². The molecule has 0 saturated heterocycles. The molecule has 1 atom stereocenters. The smallest absolute Gasteiger partial charge is 0.0681 e. The van der Waals surface area contributed by atoms with E-state index in [1.807, 2.05) is 24.3 Å². The van der Waals surface area contributed by atoms with Gasteiger partial charge < -0.3 is 10.4 Å². The van der Waals surface area contributed by atoms with Crippen LogP contribution in [0, 0.1) is 0 Å². The first-order valence-corrected chi connectivity index (χ1v) is 7.16. The second-order valence-electron chi connectivity index (χ2n) is 4.63. The van der Waals surface area contributed by atoms with E-state index in [2.05, 4.69) is 52.4 Å². The number of nitrogens with one attached hydrogen (secondary N) is 1. The summed E-state index contributed by atoms with van der Waals surface area (Å²) in [6.45, 7) is 3.08.